The minimum Gasteiger partial charge on any atom is -0.493 e. The van der Waals surface area contributed by atoms with Crippen LogP contribution in [-0.4, -0.2) is 46.9 Å². The second kappa shape index (κ2) is 7.39. The topological polar surface area (TPSA) is 108 Å². The number of aromatic nitrogens is 1. The number of ether oxygens (including phenoxy) is 3. The van der Waals surface area contributed by atoms with Crippen LogP contribution < -0.4 is 18.5 Å². The maximum absolute atomic E-state index is 13.1. The molecule has 0 saturated heterocycles. The van der Waals surface area contributed by atoms with E-state index in [0.717, 1.165) is 6.26 Å². The predicted octanol–water partition coefficient (Wildman–Crippen LogP) is 2.46. The molecule has 0 bridgehead atoms. The number of furan rings is 1. The highest BCUT2D eigenvalue weighted by Crippen LogP contribution is 2.34. The molecular formula is C18H18N2O7S. The number of sulfonamides is 1. The second-order valence-electron chi connectivity index (χ2n) is 5.70. The molecule has 3 rings (SSSR count). The molecule has 0 spiro atoms. The van der Waals surface area contributed by atoms with Crippen molar-refractivity contribution in [2.75, 3.05) is 31.9 Å². The lowest BCUT2D eigenvalue weighted by Gasteiger charge is -2.21. The zero-order valence-corrected chi connectivity index (χ0v) is 16.4. The summed E-state index contributed by atoms with van der Waals surface area (Å²) in [5.41, 5.74) is 0.268. The zero-order valence-electron chi connectivity index (χ0n) is 15.6. The Hall–Kier alpha value is -3.27. The molecule has 0 saturated carbocycles. The van der Waals surface area contributed by atoms with E-state index in [1.165, 1.54) is 39.5 Å². The van der Waals surface area contributed by atoms with Crippen molar-refractivity contribution in [2.45, 2.75) is 0 Å². The average molecular weight is 406 g/mol. The standard InChI is InChI=1S/C18H18N2O7S/c1-24-13-7-5-6-11-10-14(27-16(11)13)18(21)20(28(4,22)23)12-8-9-15(25-2)19-17(12)26-3/h5-10H,1-4H3. The average Bonchev–Trinajstić information content (AvgIpc) is 3.11. The summed E-state index contributed by atoms with van der Waals surface area (Å²) in [6.07, 6.45) is 0.901. The lowest BCUT2D eigenvalue weighted by molar-refractivity contribution is 0.0980. The van der Waals surface area contributed by atoms with Crippen LogP contribution in [-0.2, 0) is 10.0 Å². The van der Waals surface area contributed by atoms with E-state index in [0.29, 0.717) is 21.0 Å². The molecule has 9 nitrogen and oxygen atoms in total. The third kappa shape index (κ3) is 3.46. The maximum Gasteiger partial charge on any atom is 0.307 e. The maximum atomic E-state index is 13.1. The van der Waals surface area contributed by atoms with Crippen molar-refractivity contribution in [1.29, 1.82) is 0 Å². The largest absolute Gasteiger partial charge is 0.493 e. The molecule has 0 unspecified atom stereocenters. The quantitative estimate of drug-likeness (QED) is 0.614. The first-order chi connectivity index (χ1) is 13.3. The summed E-state index contributed by atoms with van der Waals surface area (Å²) in [5.74, 6) is -0.540. The molecule has 0 aliphatic rings. The zero-order chi connectivity index (χ0) is 20.5. The highest BCUT2D eigenvalue weighted by molar-refractivity contribution is 7.92. The number of pyridine rings is 1. The number of hydrogen-bond donors (Lipinski definition) is 0. The fraction of sp³-hybridized carbons (Fsp3) is 0.222. The number of para-hydroxylation sites is 1. The molecule has 0 N–H and O–H groups in total. The highest BCUT2D eigenvalue weighted by atomic mass is 32.2. The summed E-state index contributed by atoms with van der Waals surface area (Å²) >= 11 is 0. The van der Waals surface area contributed by atoms with Crippen molar-refractivity contribution >= 4 is 32.6 Å². The lowest BCUT2D eigenvalue weighted by Crippen LogP contribution is -2.36. The molecule has 3 aromatic rings. The van der Waals surface area contributed by atoms with Gasteiger partial charge in [-0.1, -0.05) is 12.1 Å². The van der Waals surface area contributed by atoms with Crippen LogP contribution in [0.25, 0.3) is 11.0 Å². The van der Waals surface area contributed by atoms with Gasteiger partial charge in [-0.3, -0.25) is 4.79 Å². The van der Waals surface area contributed by atoms with E-state index in [4.69, 9.17) is 18.6 Å². The van der Waals surface area contributed by atoms with Crippen molar-refractivity contribution in [1.82, 2.24) is 4.98 Å². The number of anilines is 1. The van der Waals surface area contributed by atoms with Crippen molar-refractivity contribution in [3.05, 3.63) is 42.2 Å². The van der Waals surface area contributed by atoms with Gasteiger partial charge in [-0.2, -0.15) is 9.29 Å². The van der Waals surface area contributed by atoms with Crippen LogP contribution in [0, 0.1) is 0 Å². The number of hydrogen-bond acceptors (Lipinski definition) is 8. The minimum atomic E-state index is -4.04. The van der Waals surface area contributed by atoms with Gasteiger partial charge in [0.25, 0.3) is 0 Å². The third-order valence-corrected chi connectivity index (χ3v) is 4.92. The molecule has 28 heavy (non-hydrogen) atoms. The fourth-order valence-electron chi connectivity index (χ4n) is 2.68. The first-order valence-corrected chi connectivity index (χ1v) is 9.85. The minimum absolute atomic E-state index is 0.0665. The van der Waals surface area contributed by atoms with Gasteiger partial charge < -0.3 is 18.6 Å². The van der Waals surface area contributed by atoms with E-state index in [9.17, 15) is 13.2 Å². The Morgan fingerprint density at radius 3 is 2.43 bits per heavy atom. The molecule has 0 radical (unpaired) electrons. The van der Waals surface area contributed by atoms with Crippen molar-refractivity contribution in [2.24, 2.45) is 0 Å². The first-order valence-electron chi connectivity index (χ1n) is 8.00. The molecule has 10 heteroatoms. The number of carbonyl (C=O) groups excluding carboxylic acids is 1. The number of carbonyl (C=O) groups is 1. The number of amides is 1. The Labute approximate surface area is 161 Å². The number of rotatable bonds is 6. The Balaban J connectivity index is 2.15. The van der Waals surface area contributed by atoms with E-state index in [1.54, 1.807) is 18.2 Å². The van der Waals surface area contributed by atoms with E-state index < -0.39 is 15.9 Å². The van der Waals surface area contributed by atoms with Crippen LogP contribution in [0.5, 0.6) is 17.5 Å². The monoisotopic (exact) mass is 406 g/mol. The van der Waals surface area contributed by atoms with Gasteiger partial charge in [0, 0.05) is 11.5 Å². The molecule has 0 aliphatic heterocycles. The summed E-state index contributed by atoms with van der Waals surface area (Å²) in [6.45, 7) is 0. The van der Waals surface area contributed by atoms with E-state index in [2.05, 4.69) is 4.98 Å². The van der Waals surface area contributed by atoms with Crippen molar-refractivity contribution in [3.8, 4) is 17.5 Å². The van der Waals surface area contributed by atoms with Gasteiger partial charge in [-0.15, -0.1) is 0 Å². The molecule has 0 fully saturated rings. The summed E-state index contributed by atoms with van der Waals surface area (Å²) in [4.78, 5) is 17.1. The molecule has 2 aromatic heterocycles. The predicted molar refractivity (Wildman–Crippen MR) is 102 cm³/mol. The Kier molecular flexibility index (Phi) is 5.14. The number of benzene rings is 1. The van der Waals surface area contributed by atoms with Gasteiger partial charge in [-0.05, 0) is 18.2 Å². The second-order valence-corrected chi connectivity index (χ2v) is 7.54. The molecule has 0 aliphatic carbocycles. The SMILES string of the molecule is COc1ccc(N(C(=O)c2cc3cccc(OC)c3o2)S(C)(=O)=O)c(OC)n1. The Bertz CT molecular complexity index is 1140. The fourth-order valence-corrected chi connectivity index (χ4v) is 3.56. The number of fused-ring (bicyclic) bond motifs is 1. The van der Waals surface area contributed by atoms with Crippen LogP contribution in [0.1, 0.15) is 10.6 Å². The van der Waals surface area contributed by atoms with Gasteiger partial charge in [-0.25, -0.2) is 8.42 Å². The Morgan fingerprint density at radius 2 is 1.82 bits per heavy atom. The van der Waals surface area contributed by atoms with Crippen LogP contribution in [0.3, 0.4) is 0 Å². The van der Waals surface area contributed by atoms with E-state index in [-0.39, 0.29) is 23.2 Å². The molecular weight excluding hydrogens is 388 g/mol. The van der Waals surface area contributed by atoms with Gasteiger partial charge in [0.05, 0.1) is 27.6 Å². The smallest absolute Gasteiger partial charge is 0.307 e. The van der Waals surface area contributed by atoms with Crippen molar-refractivity contribution < 1.29 is 31.8 Å². The van der Waals surface area contributed by atoms with Crippen LogP contribution >= 0.6 is 0 Å². The summed E-state index contributed by atoms with van der Waals surface area (Å²) in [5, 5.41) is 0.593. The lowest BCUT2D eigenvalue weighted by atomic mass is 10.2. The van der Waals surface area contributed by atoms with Gasteiger partial charge in [0.2, 0.25) is 21.8 Å². The van der Waals surface area contributed by atoms with Crippen LogP contribution in [0.15, 0.2) is 40.8 Å². The molecule has 1 amide bonds. The molecule has 148 valence electrons. The van der Waals surface area contributed by atoms with Crippen LogP contribution in [0.4, 0.5) is 5.69 Å². The van der Waals surface area contributed by atoms with E-state index in [1.807, 2.05) is 0 Å². The summed E-state index contributed by atoms with van der Waals surface area (Å²) < 4.78 is 46.4. The van der Waals surface area contributed by atoms with Crippen molar-refractivity contribution in [3.63, 3.8) is 0 Å². The molecule has 1 aromatic carbocycles. The highest BCUT2D eigenvalue weighted by Gasteiger charge is 2.32. The van der Waals surface area contributed by atoms with E-state index >= 15 is 0 Å². The Morgan fingerprint density at radius 1 is 1.07 bits per heavy atom. The number of methoxy groups -OCH3 is 3. The first kappa shape index (κ1) is 19.5. The normalized spacial score (nSPS) is 11.3. The van der Waals surface area contributed by atoms with Gasteiger partial charge >= 0.3 is 5.91 Å². The summed E-state index contributed by atoms with van der Waals surface area (Å²) in [7, 11) is 0.142. The molecule has 2 heterocycles. The number of nitrogens with zero attached hydrogens (tertiary/aromatic N) is 2. The van der Waals surface area contributed by atoms with Gasteiger partial charge in [0.1, 0.15) is 5.69 Å². The summed E-state index contributed by atoms with van der Waals surface area (Å²) in [6, 6.07) is 9.36. The van der Waals surface area contributed by atoms with Gasteiger partial charge in [0.15, 0.2) is 17.1 Å². The van der Waals surface area contributed by atoms with Crippen LogP contribution in [0.2, 0.25) is 0 Å². The molecule has 0 atom stereocenters. The third-order valence-electron chi connectivity index (χ3n) is 3.89.